The number of hydrogen-bond donors (Lipinski definition) is 0. The molecule has 0 aromatic heterocycles. The van der Waals surface area contributed by atoms with Crippen molar-refractivity contribution in [3.63, 3.8) is 0 Å². The van der Waals surface area contributed by atoms with Crippen molar-refractivity contribution < 1.29 is 342 Å². The molecule has 0 aliphatic rings. The molecule has 0 saturated heterocycles. The van der Waals surface area contributed by atoms with Gasteiger partial charge in [0.05, 0.1) is 0 Å². The summed E-state index contributed by atoms with van der Waals surface area (Å²) in [6.45, 7) is 4.95. The number of rotatable bonds is 2. The van der Waals surface area contributed by atoms with Crippen LogP contribution >= 0.6 is 11.8 Å². The first-order valence-corrected chi connectivity index (χ1v) is 42.1. The first kappa shape index (κ1) is 29.8. The van der Waals surface area contributed by atoms with Crippen LogP contribution in [0, 0.1) is 356 Å². The van der Waals surface area contributed by atoms with Gasteiger partial charge in [-0.25, -0.2) is 0 Å². The summed E-state index contributed by atoms with van der Waals surface area (Å²) < 4.78 is 15.5. The Kier molecular flexibility index (Phi) is 18.5. The van der Waals surface area contributed by atoms with Gasteiger partial charge in [0.25, 0.3) is 0 Å². The Hall–Kier alpha value is 10.5. The second kappa shape index (κ2) is 14.3. The summed E-state index contributed by atoms with van der Waals surface area (Å²) in [7, 11) is 0. The summed E-state index contributed by atoms with van der Waals surface area (Å²) in [4.78, 5) is 3.77. The van der Waals surface area contributed by atoms with Gasteiger partial charge in [0.15, 0.2) is 0 Å². The molecule has 0 bridgehead atoms. The molecule has 0 unspecified atom stereocenters. The Bertz CT molecular complexity index is 690. The van der Waals surface area contributed by atoms with Crippen LogP contribution in [0.15, 0.2) is 9.79 Å². The Labute approximate surface area is 377 Å². The van der Waals surface area contributed by atoms with Crippen molar-refractivity contribution in [2.75, 3.05) is 0 Å². The third kappa shape index (κ3) is 7.75. The Balaban J connectivity index is 2.71. The Morgan fingerprint density at radius 2 is 0.652 bits per heavy atom. The SMILES string of the molecule is Cc1[c]([RaH])[c]([RaH])c(Sc2[c]([RaH])[c]([RaH])c(C)[c]([RaH])[c]2[RaH])[c]([RaH])[c]1[RaH]. The van der Waals surface area contributed by atoms with Gasteiger partial charge in [-0.15, -0.1) is 0 Å². The quantitative estimate of drug-likeness (QED) is 0.294. The van der Waals surface area contributed by atoms with Crippen molar-refractivity contribution in [2.24, 2.45) is 0 Å². The molecule has 0 radical (unpaired) electrons. The summed E-state index contributed by atoms with van der Waals surface area (Å²) in [6, 6.07) is 0. The summed E-state index contributed by atoms with van der Waals surface area (Å²) >= 11 is 6.63. The van der Waals surface area contributed by atoms with Gasteiger partial charge in [-0.3, -0.25) is 0 Å². The number of benzene rings is 2. The van der Waals surface area contributed by atoms with Gasteiger partial charge in [-0.05, 0) is 0 Å². The minimum atomic E-state index is 0.525. The second-order valence-electron chi connectivity index (χ2n) is 7.01. The van der Waals surface area contributed by atoms with E-state index in [4.69, 9.17) is 0 Å². The van der Waals surface area contributed by atoms with Crippen molar-refractivity contribution in [3.05, 3.63) is 11.1 Å². The van der Waals surface area contributed by atoms with E-state index in [2.05, 4.69) is 25.6 Å². The van der Waals surface area contributed by atoms with Crippen LogP contribution in [-0.4, -0.2) is 0 Å². The van der Waals surface area contributed by atoms with Crippen LogP contribution in [0.5, 0.6) is 0 Å². The molecule has 0 saturated carbocycles. The van der Waals surface area contributed by atoms with Gasteiger partial charge in [-0.1, -0.05) is 0 Å². The molecule has 92 valence electrons. The average molecular weight is 2020 g/mol. The predicted molar refractivity (Wildman–Crippen MR) is 74.7 cm³/mol. The van der Waals surface area contributed by atoms with Gasteiger partial charge in [0.1, 0.15) is 0 Å². The van der Waals surface area contributed by atoms with Crippen LogP contribution in [0.25, 0.3) is 0 Å². The normalized spacial score (nSPS) is 10.5. The molecule has 0 aliphatic carbocycles. The summed E-state index contributed by atoms with van der Waals surface area (Å²) in [5.74, 6) is 0. The first-order valence-electron chi connectivity index (χ1n) is 8.41. The van der Waals surface area contributed by atoms with Gasteiger partial charge in [0, 0.05) is 0 Å². The summed E-state index contributed by atoms with van der Waals surface area (Å²) in [5.41, 5.74) is 3.62. The van der Waals surface area contributed by atoms with Gasteiger partial charge >= 0.3 is 394 Å². The Morgan fingerprint density at radius 3 is 0.870 bits per heavy atom. The van der Waals surface area contributed by atoms with Gasteiger partial charge < -0.3 is 0 Å². The van der Waals surface area contributed by atoms with Crippen LogP contribution in [0.3, 0.4) is 0 Å². The van der Waals surface area contributed by atoms with Crippen molar-refractivity contribution >= 4 is 16.6 Å². The van der Waals surface area contributed by atoms with Gasteiger partial charge in [-0.2, -0.15) is 0 Å². The zero-order valence-corrected chi connectivity index (χ0v) is 83.0. The third-order valence-corrected chi connectivity index (χ3v) is 126. The molecule has 0 fully saturated rings. The molecular formula is C14H14Ra8S. The van der Waals surface area contributed by atoms with E-state index in [0.717, 1.165) is 0 Å². The van der Waals surface area contributed by atoms with Crippen LogP contribution in [0.1, 0.15) is 11.1 Å². The summed E-state index contributed by atoms with van der Waals surface area (Å²) in [6.07, 6.45) is 0. The molecule has 0 heterocycles. The summed E-state index contributed by atoms with van der Waals surface area (Å²) in [5, 5.41) is 0. The molecule has 2 aromatic rings. The topological polar surface area (TPSA) is 0 Å². The first-order chi connectivity index (χ1) is 10.6. The molecule has 2 aromatic carbocycles. The van der Waals surface area contributed by atoms with Crippen molar-refractivity contribution in [1.82, 2.24) is 0 Å². The molecular weight excluding hydrogens is 2010 g/mol. The van der Waals surface area contributed by atoms with E-state index in [0.29, 0.717) is 342 Å². The van der Waals surface area contributed by atoms with Crippen LogP contribution in [-0.2, 0) is 0 Å². The molecule has 0 nitrogen and oxygen atoms in total. The molecule has 9 heteroatoms. The third-order valence-electron chi connectivity index (χ3n) is 6.07. The van der Waals surface area contributed by atoms with E-state index >= 15 is 0 Å². The van der Waals surface area contributed by atoms with E-state index in [1.165, 1.54) is 0 Å². The second-order valence-corrected chi connectivity index (χ2v) is 40.9. The average Bonchev–Trinajstić information content (AvgIpc) is 2.54. The molecule has 0 amide bonds. The fraction of sp³-hybridized carbons (Fsp3) is 0.143. The van der Waals surface area contributed by atoms with Crippen LogP contribution in [0.4, 0.5) is 0 Å². The van der Waals surface area contributed by atoms with Crippen LogP contribution < -0.4 is 4.83 Å². The van der Waals surface area contributed by atoms with E-state index in [-0.39, 0.29) is 0 Å². The fourth-order valence-corrected chi connectivity index (χ4v) is 69.2. The molecule has 23 heavy (non-hydrogen) atoms. The molecule has 0 aliphatic heterocycles. The van der Waals surface area contributed by atoms with E-state index in [1.807, 2.05) is 25.8 Å². The zero-order chi connectivity index (χ0) is 17.6. The fourth-order valence-electron chi connectivity index (χ4n) is 3.34. The minimum absolute atomic E-state index is 0.525. The van der Waals surface area contributed by atoms with E-state index in [1.54, 1.807) is 0 Å². The molecule has 0 spiro atoms. The van der Waals surface area contributed by atoms with Crippen molar-refractivity contribution in [2.45, 2.75) is 23.6 Å². The predicted octanol–water partition coefficient (Wildman–Crippen LogP) is -4.29. The van der Waals surface area contributed by atoms with Gasteiger partial charge in [0.2, 0.25) is 0 Å². The number of hydrogen-bond acceptors (Lipinski definition) is 1. The molecule has 0 atom stereocenters. The Morgan fingerprint density at radius 1 is 0.435 bits per heavy atom. The van der Waals surface area contributed by atoms with Crippen molar-refractivity contribution in [3.8, 4) is 0 Å². The monoisotopic (exact) mass is 2020 g/mol. The molecule has 0 N–H and O–H groups in total. The van der Waals surface area contributed by atoms with Crippen molar-refractivity contribution in [1.29, 1.82) is 0 Å². The maximum atomic E-state index is 2.48. The van der Waals surface area contributed by atoms with E-state index < -0.39 is 0 Å². The van der Waals surface area contributed by atoms with E-state index in [9.17, 15) is 0 Å². The van der Waals surface area contributed by atoms with Crippen LogP contribution in [0.2, 0.25) is 0 Å². The maximum absolute atomic E-state index is 2.48. The standard InChI is InChI=1S/C14H6S.8Ra.8H/c1-11-3-7-13(8-4-11)15-14-9-5-12(2)6-10-14;;;;;;;;;;;;;;;;/h1-2H3;;;;;;;;;;;;;;;;. The molecule has 2 rings (SSSR count). The zero-order valence-electron chi connectivity index (χ0n) is 16.4.